The molecule has 1 aromatic rings. The fraction of sp³-hybridized carbons (Fsp3) is 0.611. The van der Waals surface area contributed by atoms with Crippen LogP contribution in [0.15, 0.2) is 30.3 Å². The third kappa shape index (κ3) is 3.50. The minimum atomic E-state index is -0.399. The summed E-state index contributed by atoms with van der Waals surface area (Å²) in [5, 5.41) is 20.3. The van der Waals surface area contributed by atoms with Crippen molar-refractivity contribution in [1.29, 1.82) is 0 Å². The Balaban J connectivity index is 1.44. The van der Waals surface area contributed by atoms with Crippen LogP contribution in [0.3, 0.4) is 0 Å². The first-order chi connectivity index (χ1) is 10.6. The van der Waals surface area contributed by atoms with Gasteiger partial charge in [0.2, 0.25) is 0 Å². The van der Waals surface area contributed by atoms with Gasteiger partial charge in [-0.1, -0.05) is 30.3 Å². The van der Waals surface area contributed by atoms with Crippen molar-refractivity contribution in [2.75, 3.05) is 0 Å². The molecule has 120 valence electrons. The predicted molar refractivity (Wildman–Crippen MR) is 82.1 cm³/mol. The van der Waals surface area contributed by atoms with Crippen molar-refractivity contribution in [3.63, 3.8) is 0 Å². The van der Waals surface area contributed by atoms with Gasteiger partial charge in [-0.15, -0.1) is 0 Å². The average Bonchev–Trinajstić information content (AvgIpc) is 2.99. The number of aryl methyl sites for hydroxylation is 1. The zero-order chi connectivity index (χ0) is 15.5. The number of benzene rings is 1. The third-order valence-corrected chi connectivity index (χ3v) is 5.12. The zero-order valence-electron chi connectivity index (χ0n) is 12.7. The van der Waals surface area contributed by atoms with E-state index in [0.717, 1.165) is 19.3 Å². The second kappa shape index (κ2) is 6.80. The minimum Gasteiger partial charge on any atom is -0.462 e. The molecule has 4 heteroatoms. The molecular weight excluding hydrogens is 280 g/mol. The molecule has 5 atom stereocenters. The van der Waals surface area contributed by atoms with Crippen LogP contribution >= 0.6 is 0 Å². The van der Waals surface area contributed by atoms with Gasteiger partial charge in [0.15, 0.2) is 0 Å². The molecule has 2 aliphatic rings. The largest absolute Gasteiger partial charge is 0.462 e. The van der Waals surface area contributed by atoms with Gasteiger partial charge in [0.05, 0.1) is 18.6 Å². The van der Waals surface area contributed by atoms with Gasteiger partial charge in [0.1, 0.15) is 6.10 Å². The molecule has 1 aliphatic heterocycles. The van der Waals surface area contributed by atoms with Gasteiger partial charge in [-0.25, -0.2) is 0 Å². The highest BCUT2D eigenvalue weighted by molar-refractivity contribution is 5.72. The van der Waals surface area contributed by atoms with Gasteiger partial charge >= 0.3 is 5.97 Å². The van der Waals surface area contributed by atoms with Crippen LogP contribution in [0, 0.1) is 11.8 Å². The van der Waals surface area contributed by atoms with Crippen molar-refractivity contribution in [2.45, 2.75) is 56.8 Å². The first-order valence-corrected chi connectivity index (χ1v) is 8.23. The second-order valence-electron chi connectivity index (χ2n) is 6.62. The van der Waals surface area contributed by atoms with E-state index in [1.54, 1.807) is 0 Å². The fourth-order valence-electron chi connectivity index (χ4n) is 3.89. The molecular formula is C18H24O4. The summed E-state index contributed by atoms with van der Waals surface area (Å²) in [7, 11) is 0. The summed E-state index contributed by atoms with van der Waals surface area (Å²) in [6, 6.07) is 10.1. The van der Waals surface area contributed by atoms with Gasteiger partial charge in [-0.2, -0.15) is 0 Å². The number of hydrogen-bond acceptors (Lipinski definition) is 4. The maximum atomic E-state index is 11.4. The molecule has 0 amide bonds. The summed E-state index contributed by atoms with van der Waals surface area (Å²) < 4.78 is 5.24. The first-order valence-electron chi connectivity index (χ1n) is 8.23. The van der Waals surface area contributed by atoms with Crippen molar-refractivity contribution in [1.82, 2.24) is 0 Å². The summed E-state index contributed by atoms with van der Waals surface area (Å²) in [5.74, 6) is 0.0863. The van der Waals surface area contributed by atoms with Crippen LogP contribution in [0.1, 0.15) is 37.7 Å². The Hall–Kier alpha value is -1.39. The Bertz CT molecular complexity index is 501. The van der Waals surface area contributed by atoms with E-state index in [1.165, 1.54) is 5.56 Å². The van der Waals surface area contributed by atoms with E-state index in [0.29, 0.717) is 19.3 Å². The Morgan fingerprint density at radius 1 is 1.23 bits per heavy atom. The number of rotatable bonds is 6. The Labute approximate surface area is 131 Å². The number of aliphatic hydroxyl groups excluding tert-OH is 2. The Kier molecular flexibility index (Phi) is 4.79. The maximum absolute atomic E-state index is 11.4. The van der Waals surface area contributed by atoms with Crippen molar-refractivity contribution in [3.8, 4) is 0 Å². The number of carbonyl (C=O) groups excluding carboxylic acids is 1. The molecule has 2 fully saturated rings. The minimum absolute atomic E-state index is 0.0859. The number of esters is 1. The van der Waals surface area contributed by atoms with Crippen LogP contribution < -0.4 is 0 Å². The molecule has 1 aromatic carbocycles. The molecule has 0 radical (unpaired) electrons. The lowest BCUT2D eigenvalue weighted by atomic mass is 9.87. The summed E-state index contributed by atoms with van der Waals surface area (Å²) in [4.78, 5) is 11.4. The average molecular weight is 304 g/mol. The van der Waals surface area contributed by atoms with Crippen LogP contribution in [0.5, 0.6) is 0 Å². The van der Waals surface area contributed by atoms with E-state index in [-0.39, 0.29) is 30.0 Å². The van der Waals surface area contributed by atoms with Gasteiger partial charge in [-0.05, 0) is 37.2 Å². The molecule has 22 heavy (non-hydrogen) atoms. The van der Waals surface area contributed by atoms with Crippen LogP contribution in [-0.4, -0.2) is 34.5 Å². The summed E-state index contributed by atoms with van der Waals surface area (Å²) in [6.45, 7) is 0. The molecule has 3 rings (SSSR count). The van der Waals surface area contributed by atoms with Crippen LogP contribution in [-0.2, 0) is 16.0 Å². The summed E-state index contributed by atoms with van der Waals surface area (Å²) in [6.07, 6.45) is 3.15. The number of hydrogen-bond donors (Lipinski definition) is 2. The number of fused-ring (bicyclic) bond motifs is 1. The zero-order valence-corrected chi connectivity index (χ0v) is 12.7. The van der Waals surface area contributed by atoms with Crippen molar-refractivity contribution < 1.29 is 19.7 Å². The van der Waals surface area contributed by atoms with E-state index in [1.807, 2.05) is 18.2 Å². The quantitative estimate of drug-likeness (QED) is 0.790. The van der Waals surface area contributed by atoms with Crippen molar-refractivity contribution >= 4 is 5.97 Å². The SMILES string of the molecule is O=C1C[C@@H]2[C@@H](CCC(O)CCc3ccccc3)[C@H](O)C[C@@H]2O1. The topological polar surface area (TPSA) is 66.8 Å². The van der Waals surface area contributed by atoms with E-state index >= 15 is 0 Å². The van der Waals surface area contributed by atoms with Crippen molar-refractivity contribution in [2.24, 2.45) is 11.8 Å². The highest BCUT2D eigenvalue weighted by Gasteiger charge is 2.49. The molecule has 1 saturated heterocycles. The van der Waals surface area contributed by atoms with Gasteiger partial charge in [0, 0.05) is 12.3 Å². The standard InChI is InChI=1S/C18H24O4/c19-13(7-6-12-4-2-1-3-5-12)8-9-14-15-10-18(21)22-17(15)11-16(14)20/h1-5,13-17,19-20H,6-11H2/t13?,14-,15-,16-,17+/m1/s1. The second-order valence-corrected chi connectivity index (χ2v) is 6.62. The van der Waals surface area contributed by atoms with Gasteiger partial charge in [0.25, 0.3) is 0 Å². The first kappa shape index (κ1) is 15.5. The Morgan fingerprint density at radius 3 is 2.77 bits per heavy atom. The molecule has 4 nitrogen and oxygen atoms in total. The molecule has 1 unspecified atom stereocenters. The number of ether oxygens (including phenoxy) is 1. The van der Waals surface area contributed by atoms with E-state index in [4.69, 9.17) is 4.74 Å². The lowest BCUT2D eigenvalue weighted by molar-refractivity contribution is -0.141. The summed E-state index contributed by atoms with van der Waals surface area (Å²) >= 11 is 0. The number of carbonyl (C=O) groups is 1. The normalized spacial score (nSPS) is 31.8. The van der Waals surface area contributed by atoms with Gasteiger partial charge < -0.3 is 14.9 Å². The Morgan fingerprint density at radius 2 is 2.00 bits per heavy atom. The molecule has 0 aromatic heterocycles. The third-order valence-electron chi connectivity index (χ3n) is 5.12. The van der Waals surface area contributed by atoms with Crippen LogP contribution in [0.2, 0.25) is 0 Å². The highest BCUT2D eigenvalue weighted by Crippen LogP contribution is 2.43. The fourth-order valence-corrected chi connectivity index (χ4v) is 3.89. The van der Waals surface area contributed by atoms with E-state index in [9.17, 15) is 15.0 Å². The molecule has 1 aliphatic carbocycles. The molecule has 0 bridgehead atoms. The molecule has 1 saturated carbocycles. The molecule has 0 spiro atoms. The van der Waals surface area contributed by atoms with E-state index < -0.39 is 6.10 Å². The lowest BCUT2D eigenvalue weighted by Crippen LogP contribution is -2.22. The van der Waals surface area contributed by atoms with Crippen LogP contribution in [0.25, 0.3) is 0 Å². The highest BCUT2D eigenvalue weighted by atomic mass is 16.6. The smallest absolute Gasteiger partial charge is 0.306 e. The predicted octanol–water partition coefficient (Wildman–Crippen LogP) is 2.07. The number of aliphatic hydroxyl groups is 2. The van der Waals surface area contributed by atoms with E-state index in [2.05, 4.69) is 12.1 Å². The van der Waals surface area contributed by atoms with Gasteiger partial charge in [-0.3, -0.25) is 4.79 Å². The summed E-state index contributed by atoms with van der Waals surface area (Å²) in [5.41, 5.74) is 1.23. The van der Waals surface area contributed by atoms with Crippen LogP contribution in [0.4, 0.5) is 0 Å². The lowest BCUT2D eigenvalue weighted by Gasteiger charge is -2.20. The monoisotopic (exact) mass is 304 g/mol. The maximum Gasteiger partial charge on any atom is 0.306 e. The molecule has 1 heterocycles. The van der Waals surface area contributed by atoms with Crippen molar-refractivity contribution in [3.05, 3.63) is 35.9 Å². The molecule has 2 N–H and O–H groups in total.